The van der Waals surface area contributed by atoms with Crippen molar-refractivity contribution in [3.63, 3.8) is 0 Å². The molecule has 0 aromatic heterocycles. The lowest BCUT2D eigenvalue weighted by molar-refractivity contribution is -0.127. The lowest BCUT2D eigenvalue weighted by Gasteiger charge is -2.34. The van der Waals surface area contributed by atoms with E-state index < -0.39 is 0 Å². The summed E-state index contributed by atoms with van der Waals surface area (Å²) < 4.78 is 0. The largest absolute Gasteiger partial charge is 0.348 e. The van der Waals surface area contributed by atoms with Gasteiger partial charge in [-0.05, 0) is 37.3 Å². The summed E-state index contributed by atoms with van der Waals surface area (Å²) in [4.78, 5) is 14.8. The van der Waals surface area contributed by atoms with Crippen LogP contribution in [0.15, 0.2) is 24.3 Å². The van der Waals surface area contributed by atoms with Crippen molar-refractivity contribution in [2.24, 2.45) is 0 Å². The van der Waals surface area contributed by atoms with Gasteiger partial charge in [-0.15, -0.1) is 0 Å². The Morgan fingerprint density at radius 1 is 1.33 bits per heavy atom. The second kappa shape index (κ2) is 6.58. The van der Waals surface area contributed by atoms with Crippen LogP contribution in [-0.4, -0.2) is 43.0 Å². The molecule has 1 aromatic carbocycles. The van der Waals surface area contributed by atoms with Crippen LogP contribution in [0.5, 0.6) is 0 Å². The number of hydrogen-bond donors (Lipinski definition) is 2. The van der Waals surface area contributed by atoms with Crippen LogP contribution in [-0.2, 0) is 11.2 Å². The number of carbonyl (C=O) groups is 1. The molecule has 4 heteroatoms. The Kier molecular flexibility index (Phi) is 4.56. The van der Waals surface area contributed by atoms with Gasteiger partial charge in [-0.3, -0.25) is 9.69 Å². The Morgan fingerprint density at radius 3 is 2.90 bits per heavy atom. The average Bonchev–Trinajstić information content (AvgIpc) is 2.55. The molecule has 4 nitrogen and oxygen atoms in total. The molecule has 21 heavy (non-hydrogen) atoms. The molecule has 2 atom stereocenters. The number of rotatable bonds is 3. The number of fused-ring (bicyclic) bond motifs is 1. The summed E-state index contributed by atoms with van der Waals surface area (Å²) in [6, 6.07) is 8.66. The van der Waals surface area contributed by atoms with Gasteiger partial charge in [0, 0.05) is 26.2 Å². The fraction of sp³-hybridized carbons (Fsp3) is 0.588. The summed E-state index contributed by atoms with van der Waals surface area (Å²) in [7, 11) is 0. The second-order valence-corrected chi connectivity index (χ2v) is 6.11. The van der Waals surface area contributed by atoms with E-state index >= 15 is 0 Å². The maximum Gasteiger partial charge on any atom is 0.237 e. The molecule has 0 radical (unpaired) electrons. The maximum absolute atomic E-state index is 12.5. The van der Waals surface area contributed by atoms with E-state index in [1.54, 1.807) is 0 Å². The fourth-order valence-electron chi connectivity index (χ4n) is 3.43. The number of hydrogen-bond acceptors (Lipinski definition) is 3. The lowest BCUT2D eigenvalue weighted by Crippen LogP contribution is -2.53. The van der Waals surface area contributed by atoms with Crippen molar-refractivity contribution in [1.82, 2.24) is 15.5 Å². The summed E-state index contributed by atoms with van der Waals surface area (Å²) >= 11 is 0. The summed E-state index contributed by atoms with van der Waals surface area (Å²) in [5.41, 5.74) is 2.70. The van der Waals surface area contributed by atoms with Crippen LogP contribution in [0.1, 0.15) is 36.9 Å². The predicted molar refractivity (Wildman–Crippen MR) is 84.2 cm³/mol. The number of amides is 1. The van der Waals surface area contributed by atoms with E-state index in [9.17, 15) is 4.79 Å². The normalized spacial score (nSPS) is 24.1. The molecule has 3 rings (SSSR count). The zero-order valence-corrected chi connectivity index (χ0v) is 12.8. The summed E-state index contributed by atoms with van der Waals surface area (Å²) in [5, 5.41) is 6.60. The molecule has 0 bridgehead atoms. The second-order valence-electron chi connectivity index (χ2n) is 6.11. The van der Waals surface area contributed by atoms with Crippen molar-refractivity contribution in [3.05, 3.63) is 35.4 Å². The van der Waals surface area contributed by atoms with Crippen molar-refractivity contribution < 1.29 is 4.79 Å². The molecule has 114 valence electrons. The zero-order chi connectivity index (χ0) is 14.7. The summed E-state index contributed by atoms with van der Waals surface area (Å²) in [6.45, 7) is 5.88. The van der Waals surface area contributed by atoms with Gasteiger partial charge >= 0.3 is 0 Å². The SMILES string of the molecule is CC(C(=O)NC1CCCc2ccccc21)N1CCNCC1. The highest BCUT2D eigenvalue weighted by atomic mass is 16.2. The van der Waals surface area contributed by atoms with E-state index in [0.29, 0.717) is 0 Å². The van der Waals surface area contributed by atoms with Crippen LogP contribution in [0.2, 0.25) is 0 Å². The van der Waals surface area contributed by atoms with Gasteiger partial charge in [-0.25, -0.2) is 0 Å². The van der Waals surface area contributed by atoms with E-state index in [4.69, 9.17) is 0 Å². The van der Waals surface area contributed by atoms with Gasteiger partial charge in [0.25, 0.3) is 0 Å². The van der Waals surface area contributed by atoms with Crippen LogP contribution in [0.4, 0.5) is 0 Å². The topological polar surface area (TPSA) is 44.4 Å². The molecule has 1 aromatic rings. The first-order valence-electron chi connectivity index (χ1n) is 8.08. The number of piperazine rings is 1. The third-order valence-electron chi connectivity index (χ3n) is 4.76. The molecule has 1 amide bonds. The van der Waals surface area contributed by atoms with E-state index in [2.05, 4.69) is 39.8 Å². The molecule has 0 spiro atoms. The minimum Gasteiger partial charge on any atom is -0.348 e. The van der Waals surface area contributed by atoms with Crippen molar-refractivity contribution in [2.75, 3.05) is 26.2 Å². The monoisotopic (exact) mass is 287 g/mol. The molecule has 2 unspecified atom stereocenters. The molecule has 0 saturated carbocycles. The smallest absolute Gasteiger partial charge is 0.237 e. The number of nitrogens with zero attached hydrogens (tertiary/aromatic N) is 1. The Morgan fingerprint density at radius 2 is 2.10 bits per heavy atom. The maximum atomic E-state index is 12.5. The van der Waals surface area contributed by atoms with Crippen molar-refractivity contribution >= 4 is 5.91 Å². The molecular formula is C17H25N3O. The van der Waals surface area contributed by atoms with Crippen molar-refractivity contribution in [3.8, 4) is 0 Å². The van der Waals surface area contributed by atoms with Crippen molar-refractivity contribution in [1.29, 1.82) is 0 Å². The molecule has 2 aliphatic rings. The van der Waals surface area contributed by atoms with Gasteiger partial charge in [0.05, 0.1) is 12.1 Å². The van der Waals surface area contributed by atoms with Crippen molar-refractivity contribution in [2.45, 2.75) is 38.3 Å². The van der Waals surface area contributed by atoms with Gasteiger partial charge in [0.1, 0.15) is 0 Å². The summed E-state index contributed by atoms with van der Waals surface area (Å²) in [5.74, 6) is 0.165. The average molecular weight is 287 g/mol. The van der Waals surface area contributed by atoms with E-state index in [1.807, 2.05) is 6.92 Å². The first-order chi connectivity index (χ1) is 10.3. The molecule has 1 fully saturated rings. The first-order valence-corrected chi connectivity index (χ1v) is 8.08. The minimum absolute atomic E-state index is 0.0406. The van der Waals surface area contributed by atoms with Crippen LogP contribution in [0.25, 0.3) is 0 Å². The molecule has 1 heterocycles. The van der Waals surface area contributed by atoms with E-state index in [0.717, 1.165) is 45.4 Å². The number of nitrogens with one attached hydrogen (secondary N) is 2. The van der Waals surface area contributed by atoms with Crippen LogP contribution in [0.3, 0.4) is 0 Å². The highest BCUT2D eigenvalue weighted by molar-refractivity contribution is 5.81. The molecule has 1 saturated heterocycles. The Bertz CT molecular complexity index is 497. The lowest BCUT2D eigenvalue weighted by atomic mass is 9.87. The Labute approximate surface area is 126 Å². The van der Waals surface area contributed by atoms with Crippen LogP contribution < -0.4 is 10.6 Å². The summed E-state index contributed by atoms with van der Waals surface area (Å²) in [6.07, 6.45) is 3.34. The molecule has 2 N–H and O–H groups in total. The molecular weight excluding hydrogens is 262 g/mol. The molecule has 1 aliphatic heterocycles. The standard InChI is InChI=1S/C17H25N3O/c1-13(20-11-9-18-10-12-20)17(21)19-16-8-4-6-14-5-2-3-7-15(14)16/h2-3,5,7,13,16,18H,4,6,8-12H2,1H3,(H,19,21). The molecule has 1 aliphatic carbocycles. The predicted octanol–water partition coefficient (Wildman–Crippen LogP) is 1.47. The zero-order valence-electron chi connectivity index (χ0n) is 12.8. The Balaban J connectivity index is 1.65. The third kappa shape index (κ3) is 3.27. The van der Waals surface area contributed by atoms with E-state index in [-0.39, 0.29) is 18.0 Å². The third-order valence-corrected chi connectivity index (χ3v) is 4.76. The van der Waals surface area contributed by atoms with Crippen LogP contribution >= 0.6 is 0 Å². The van der Waals surface area contributed by atoms with Gasteiger partial charge in [0.2, 0.25) is 5.91 Å². The number of benzene rings is 1. The minimum atomic E-state index is -0.0406. The number of carbonyl (C=O) groups excluding carboxylic acids is 1. The van der Waals surface area contributed by atoms with Gasteiger partial charge in [0.15, 0.2) is 0 Å². The highest BCUT2D eigenvalue weighted by Crippen LogP contribution is 2.29. The van der Waals surface area contributed by atoms with Gasteiger partial charge in [-0.1, -0.05) is 24.3 Å². The van der Waals surface area contributed by atoms with Gasteiger partial charge < -0.3 is 10.6 Å². The number of aryl methyl sites for hydroxylation is 1. The first kappa shape index (κ1) is 14.5. The highest BCUT2D eigenvalue weighted by Gasteiger charge is 2.27. The Hall–Kier alpha value is -1.39. The van der Waals surface area contributed by atoms with Gasteiger partial charge in [-0.2, -0.15) is 0 Å². The quantitative estimate of drug-likeness (QED) is 0.885. The fourth-order valence-corrected chi connectivity index (χ4v) is 3.43. The van der Waals surface area contributed by atoms with E-state index in [1.165, 1.54) is 11.1 Å². The van der Waals surface area contributed by atoms with Crippen LogP contribution in [0, 0.1) is 0 Å².